The van der Waals surface area contributed by atoms with Gasteiger partial charge in [-0.1, -0.05) is 0 Å². The third kappa shape index (κ3) is 4.87. The average Bonchev–Trinajstić information content (AvgIpc) is 2.84. The predicted octanol–water partition coefficient (Wildman–Crippen LogP) is 1.65. The molecule has 0 amide bonds. The predicted molar refractivity (Wildman–Crippen MR) is 77.9 cm³/mol. The highest BCUT2D eigenvalue weighted by Crippen LogP contribution is 2.19. The maximum absolute atomic E-state index is 3.47. The van der Waals surface area contributed by atoms with E-state index in [0.29, 0.717) is 0 Å². The highest BCUT2D eigenvalue weighted by molar-refractivity contribution is 4.75. The van der Waals surface area contributed by atoms with Gasteiger partial charge in [0.15, 0.2) is 0 Å². The number of likely N-dealkylation sites (tertiary alicyclic amines) is 1. The maximum atomic E-state index is 3.47. The first kappa shape index (κ1) is 14.3. The Morgan fingerprint density at radius 1 is 1.11 bits per heavy atom. The molecule has 2 saturated heterocycles. The van der Waals surface area contributed by atoms with Crippen molar-refractivity contribution >= 4 is 0 Å². The van der Waals surface area contributed by atoms with Crippen molar-refractivity contribution in [2.75, 3.05) is 53.4 Å². The summed E-state index contributed by atoms with van der Waals surface area (Å²) in [6, 6.07) is 0. The van der Waals surface area contributed by atoms with Crippen molar-refractivity contribution in [3.63, 3.8) is 0 Å². The molecule has 18 heavy (non-hydrogen) atoms. The molecule has 0 aromatic heterocycles. The topological polar surface area (TPSA) is 18.5 Å². The van der Waals surface area contributed by atoms with E-state index < -0.39 is 0 Å². The summed E-state index contributed by atoms with van der Waals surface area (Å²) in [5.41, 5.74) is 0. The summed E-state index contributed by atoms with van der Waals surface area (Å²) in [4.78, 5) is 5.03. The molecule has 2 heterocycles. The lowest BCUT2D eigenvalue weighted by molar-refractivity contribution is 0.159. The number of hydrogen-bond donors (Lipinski definition) is 1. The van der Waals surface area contributed by atoms with Crippen LogP contribution in [0.15, 0.2) is 0 Å². The van der Waals surface area contributed by atoms with Gasteiger partial charge in [0.1, 0.15) is 0 Å². The van der Waals surface area contributed by atoms with E-state index in [0.717, 1.165) is 11.8 Å². The third-order valence-electron chi connectivity index (χ3n) is 4.58. The Morgan fingerprint density at radius 2 is 1.89 bits per heavy atom. The van der Waals surface area contributed by atoms with E-state index in [-0.39, 0.29) is 0 Å². The minimum Gasteiger partial charge on any atom is -0.316 e. The van der Waals surface area contributed by atoms with Gasteiger partial charge in [0.05, 0.1) is 0 Å². The lowest BCUT2D eigenvalue weighted by Gasteiger charge is -2.33. The van der Waals surface area contributed by atoms with Crippen LogP contribution in [-0.4, -0.2) is 63.2 Å². The second-order valence-electron chi connectivity index (χ2n) is 6.55. The Kier molecular flexibility index (Phi) is 5.93. The molecule has 0 saturated carbocycles. The van der Waals surface area contributed by atoms with Gasteiger partial charge in [0, 0.05) is 6.54 Å². The zero-order valence-electron chi connectivity index (χ0n) is 12.3. The van der Waals surface area contributed by atoms with Gasteiger partial charge in [-0.05, 0) is 90.8 Å². The quantitative estimate of drug-likeness (QED) is 0.776. The molecule has 1 N–H and O–H groups in total. The molecule has 1 unspecified atom stereocenters. The fourth-order valence-electron chi connectivity index (χ4n) is 3.47. The van der Waals surface area contributed by atoms with Crippen molar-refractivity contribution in [3.05, 3.63) is 0 Å². The molecule has 0 aromatic carbocycles. The number of hydrogen-bond acceptors (Lipinski definition) is 3. The highest BCUT2D eigenvalue weighted by atomic mass is 15.1. The van der Waals surface area contributed by atoms with Gasteiger partial charge < -0.3 is 15.1 Å². The zero-order valence-corrected chi connectivity index (χ0v) is 12.3. The molecular weight excluding hydrogens is 222 g/mol. The number of nitrogens with one attached hydrogen (secondary N) is 1. The molecular formula is C15H31N3. The fourth-order valence-corrected chi connectivity index (χ4v) is 3.47. The van der Waals surface area contributed by atoms with Crippen molar-refractivity contribution in [3.8, 4) is 0 Å². The second-order valence-corrected chi connectivity index (χ2v) is 6.55. The molecule has 0 spiro atoms. The zero-order chi connectivity index (χ0) is 12.8. The molecule has 3 nitrogen and oxygen atoms in total. The van der Waals surface area contributed by atoms with Gasteiger partial charge >= 0.3 is 0 Å². The maximum Gasteiger partial charge on any atom is 0.000451 e. The fraction of sp³-hybridized carbons (Fsp3) is 1.00. The summed E-state index contributed by atoms with van der Waals surface area (Å²) in [6.45, 7) is 7.81. The van der Waals surface area contributed by atoms with E-state index in [1.165, 1.54) is 71.4 Å². The van der Waals surface area contributed by atoms with Crippen LogP contribution in [0.4, 0.5) is 0 Å². The van der Waals surface area contributed by atoms with Crippen molar-refractivity contribution in [1.29, 1.82) is 0 Å². The standard InChI is InChI=1S/C15H31N3/c1-17(2)13-15-6-10-18(11-7-15)9-3-4-14-5-8-16-12-14/h14-16H,3-13H2,1-2H3. The van der Waals surface area contributed by atoms with E-state index in [9.17, 15) is 0 Å². The lowest BCUT2D eigenvalue weighted by Crippen LogP contribution is -2.37. The molecule has 2 aliphatic heterocycles. The Bertz CT molecular complexity index is 216. The van der Waals surface area contributed by atoms with Crippen LogP contribution in [0.2, 0.25) is 0 Å². The van der Waals surface area contributed by atoms with Crippen molar-refractivity contribution in [2.24, 2.45) is 11.8 Å². The summed E-state index contributed by atoms with van der Waals surface area (Å²) in [5, 5.41) is 3.47. The molecule has 0 bridgehead atoms. The molecule has 0 radical (unpaired) electrons. The molecule has 3 heteroatoms. The Balaban J connectivity index is 1.53. The number of rotatable bonds is 6. The Morgan fingerprint density at radius 3 is 2.50 bits per heavy atom. The van der Waals surface area contributed by atoms with Crippen molar-refractivity contribution < 1.29 is 0 Å². The normalized spacial score (nSPS) is 27.2. The number of piperidine rings is 1. The minimum absolute atomic E-state index is 0.940. The van der Waals surface area contributed by atoms with Crippen LogP contribution in [-0.2, 0) is 0 Å². The summed E-state index contributed by atoms with van der Waals surface area (Å²) < 4.78 is 0. The average molecular weight is 253 g/mol. The van der Waals surface area contributed by atoms with Gasteiger partial charge in [0.25, 0.3) is 0 Å². The summed E-state index contributed by atoms with van der Waals surface area (Å²) in [7, 11) is 4.39. The SMILES string of the molecule is CN(C)CC1CCN(CCCC2CCNC2)CC1. The summed E-state index contributed by atoms with van der Waals surface area (Å²) in [6.07, 6.45) is 7.06. The van der Waals surface area contributed by atoms with Crippen molar-refractivity contribution in [2.45, 2.75) is 32.1 Å². The van der Waals surface area contributed by atoms with Crippen LogP contribution in [0.5, 0.6) is 0 Å². The smallest absolute Gasteiger partial charge is 0.000451 e. The summed E-state index contributed by atoms with van der Waals surface area (Å²) in [5.74, 6) is 1.91. The van der Waals surface area contributed by atoms with Gasteiger partial charge in [0.2, 0.25) is 0 Å². The van der Waals surface area contributed by atoms with E-state index in [1.807, 2.05) is 0 Å². The molecule has 2 rings (SSSR count). The minimum atomic E-state index is 0.940. The first-order chi connectivity index (χ1) is 8.74. The van der Waals surface area contributed by atoms with Gasteiger partial charge in [-0.2, -0.15) is 0 Å². The van der Waals surface area contributed by atoms with Crippen LogP contribution < -0.4 is 5.32 Å². The monoisotopic (exact) mass is 253 g/mol. The molecule has 106 valence electrons. The summed E-state index contributed by atoms with van der Waals surface area (Å²) >= 11 is 0. The second kappa shape index (κ2) is 7.46. The van der Waals surface area contributed by atoms with E-state index in [2.05, 4.69) is 29.2 Å². The van der Waals surface area contributed by atoms with E-state index in [1.54, 1.807) is 0 Å². The van der Waals surface area contributed by atoms with Gasteiger partial charge in [-0.15, -0.1) is 0 Å². The highest BCUT2D eigenvalue weighted by Gasteiger charge is 2.20. The van der Waals surface area contributed by atoms with Gasteiger partial charge in [-0.3, -0.25) is 0 Å². The van der Waals surface area contributed by atoms with Crippen LogP contribution in [0.25, 0.3) is 0 Å². The lowest BCUT2D eigenvalue weighted by atomic mass is 9.96. The molecule has 1 atom stereocenters. The van der Waals surface area contributed by atoms with Gasteiger partial charge in [-0.25, -0.2) is 0 Å². The Hall–Kier alpha value is -0.120. The van der Waals surface area contributed by atoms with E-state index in [4.69, 9.17) is 0 Å². The van der Waals surface area contributed by atoms with E-state index >= 15 is 0 Å². The first-order valence-electron chi connectivity index (χ1n) is 7.82. The largest absolute Gasteiger partial charge is 0.316 e. The Labute approximate surface area is 113 Å². The molecule has 2 fully saturated rings. The van der Waals surface area contributed by atoms with Crippen LogP contribution >= 0.6 is 0 Å². The van der Waals surface area contributed by atoms with Crippen molar-refractivity contribution in [1.82, 2.24) is 15.1 Å². The molecule has 2 aliphatic rings. The number of nitrogens with zero attached hydrogens (tertiary/aromatic N) is 2. The van der Waals surface area contributed by atoms with Crippen LogP contribution in [0.3, 0.4) is 0 Å². The van der Waals surface area contributed by atoms with Crippen LogP contribution in [0.1, 0.15) is 32.1 Å². The first-order valence-corrected chi connectivity index (χ1v) is 7.82. The molecule has 0 aromatic rings. The third-order valence-corrected chi connectivity index (χ3v) is 4.58. The molecule has 0 aliphatic carbocycles. The van der Waals surface area contributed by atoms with Crippen LogP contribution in [0, 0.1) is 11.8 Å².